The lowest BCUT2D eigenvalue weighted by Gasteiger charge is -2.37. The largest absolute Gasteiger partial charge is 0.388 e. The number of nitrogens with one attached hydrogen (secondary N) is 1. The number of hydrogen-bond acceptors (Lipinski definition) is 4. The van der Waals surface area contributed by atoms with E-state index in [0.29, 0.717) is 38.1 Å². The summed E-state index contributed by atoms with van der Waals surface area (Å²) in [5.74, 6) is 0.639. The van der Waals surface area contributed by atoms with E-state index in [1.165, 1.54) is 12.1 Å². The van der Waals surface area contributed by atoms with Crippen molar-refractivity contribution in [3.63, 3.8) is 0 Å². The second kappa shape index (κ2) is 6.55. The Balaban J connectivity index is 1.61. The summed E-state index contributed by atoms with van der Waals surface area (Å²) in [5.41, 5.74) is 0.907. The van der Waals surface area contributed by atoms with Crippen molar-refractivity contribution >= 4 is 11.0 Å². The van der Waals surface area contributed by atoms with Gasteiger partial charge in [0.15, 0.2) is 0 Å². The molecule has 3 rings (SSSR count). The first kappa shape index (κ1) is 16.4. The van der Waals surface area contributed by atoms with E-state index in [2.05, 4.69) is 10.3 Å². The fraction of sp³-hybridized carbons (Fsp3) is 0.588. The predicted molar refractivity (Wildman–Crippen MR) is 86.8 cm³/mol. The average molecular weight is 321 g/mol. The molecule has 1 aliphatic rings. The molecule has 126 valence electrons. The molecule has 1 saturated heterocycles. The van der Waals surface area contributed by atoms with Crippen LogP contribution in [-0.2, 0) is 18.2 Å². The van der Waals surface area contributed by atoms with Crippen LogP contribution in [0.3, 0.4) is 0 Å². The smallest absolute Gasteiger partial charge is 0.125 e. The molecule has 5 nitrogen and oxygen atoms in total. The van der Waals surface area contributed by atoms with Gasteiger partial charge in [0.2, 0.25) is 0 Å². The van der Waals surface area contributed by atoms with Gasteiger partial charge in [-0.05, 0) is 19.1 Å². The zero-order chi connectivity index (χ0) is 16.4. The summed E-state index contributed by atoms with van der Waals surface area (Å²) >= 11 is 0. The van der Waals surface area contributed by atoms with Crippen LogP contribution in [0.2, 0.25) is 0 Å². The molecule has 1 fully saturated rings. The van der Waals surface area contributed by atoms with Gasteiger partial charge in [-0.2, -0.15) is 0 Å². The van der Waals surface area contributed by atoms with Crippen LogP contribution in [0.5, 0.6) is 0 Å². The Labute approximate surface area is 135 Å². The Morgan fingerprint density at radius 3 is 2.91 bits per heavy atom. The maximum atomic E-state index is 13.3. The Hall–Kier alpha value is -1.50. The highest BCUT2D eigenvalue weighted by molar-refractivity contribution is 5.75. The summed E-state index contributed by atoms with van der Waals surface area (Å²) in [4.78, 5) is 4.50. The van der Waals surface area contributed by atoms with Crippen molar-refractivity contribution in [3.05, 3.63) is 29.8 Å². The average Bonchev–Trinajstić information content (AvgIpc) is 2.83. The number of rotatable bonds is 5. The Kier molecular flexibility index (Phi) is 4.66. The standard InChI is InChI=1S/C17H24FN3O2/c1-12(17(22)6-9-23-10-7-17)19-8-5-16-20-14-11-13(18)3-4-15(14)21(16)2/h3-4,11-12,19,22H,5-10H2,1-2H3. The summed E-state index contributed by atoms with van der Waals surface area (Å²) in [6.45, 7) is 3.94. The van der Waals surface area contributed by atoms with Crippen molar-refractivity contribution in [2.24, 2.45) is 7.05 Å². The molecule has 1 aliphatic heterocycles. The highest BCUT2D eigenvalue weighted by Crippen LogP contribution is 2.24. The quantitative estimate of drug-likeness (QED) is 0.881. The number of hydrogen-bond donors (Lipinski definition) is 2. The van der Waals surface area contributed by atoms with Crippen molar-refractivity contribution < 1.29 is 14.2 Å². The number of aryl methyl sites for hydroxylation is 1. The van der Waals surface area contributed by atoms with Gasteiger partial charge in [0, 0.05) is 58.2 Å². The molecule has 0 radical (unpaired) electrons. The van der Waals surface area contributed by atoms with Crippen LogP contribution in [0.25, 0.3) is 11.0 Å². The Morgan fingerprint density at radius 2 is 2.17 bits per heavy atom. The number of ether oxygens (including phenoxy) is 1. The zero-order valence-electron chi connectivity index (χ0n) is 13.7. The van der Waals surface area contributed by atoms with Crippen molar-refractivity contribution in [2.45, 2.75) is 37.8 Å². The summed E-state index contributed by atoms with van der Waals surface area (Å²) in [6.07, 6.45) is 2.04. The number of halogens is 1. The zero-order valence-corrected chi connectivity index (χ0v) is 13.7. The number of benzene rings is 1. The maximum absolute atomic E-state index is 13.3. The van der Waals surface area contributed by atoms with Gasteiger partial charge >= 0.3 is 0 Å². The van der Waals surface area contributed by atoms with E-state index in [1.54, 1.807) is 6.07 Å². The molecule has 2 heterocycles. The molecule has 0 amide bonds. The molecular formula is C17H24FN3O2. The summed E-state index contributed by atoms with van der Waals surface area (Å²) in [7, 11) is 1.94. The molecule has 1 aromatic heterocycles. The van der Waals surface area contributed by atoms with Crippen LogP contribution in [0.4, 0.5) is 4.39 Å². The monoisotopic (exact) mass is 321 g/mol. The molecule has 0 bridgehead atoms. The number of fused-ring (bicyclic) bond motifs is 1. The molecule has 1 atom stereocenters. The SMILES string of the molecule is CC(NCCc1nc2cc(F)ccc2n1C)C1(O)CCOCC1. The second-order valence-corrected chi connectivity index (χ2v) is 6.36. The van der Waals surface area contributed by atoms with Crippen molar-refractivity contribution in [1.29, 1.82) is 0 Å². The molecule has 0 aliphatic carbocycles. The lowest BCUT2D eigenvalue weighted by atomic mass is 9.87. The number of nitrogens with zero attached hydrogens (tertiary/aromatic N) is 2. The second-order valence-electron chi connectivity index (χ2n) is 6.36. The third-order valence-electron chi connectivity index (χ3n) is 4.90. The molecule has 2 aromatic rings. The first-order valence-corrected chi connectivity index (χ1v) is 8.14. The van der Waals surface area contributed by atoms with E-state index in [0.717, 1.165) is 17.8 Å². The molecular weight excluding hydrogens is 297 g/mol. The predicted octanol–water partition coefficient (Wildman–Crippen LogP) is 1.77. The fourth-order valence-electron chi connectivity index (χ4n) is 3.19. The number of aliphatic hydroxyl groups is 1. The van der Waals surface area contributed by atoms with Gasteiger partial charge in [-0.3, -0.25) is 0 Å². The Morgan fingerprint density at radius 1 is 1.43 bits per heavy atom. The lowest BCUT2D eigenvalue weighted by Crippen LogP contribution is -2.52. The molecule has 2 N–H and O–H groups in total. The van der Waals surface area contributed by atoms with Gasteiger partial charge in [-0.15, -0.1) is 0 Å². The van der Waals surface area contributed by atoms with Crippen LogP contribution in [0.15, 0.2) is 18.2 Å². The summed E-state index contributed by atoms with van der Waals surface area (Å²) < 4.78 is 20.6. The molecule has 0 saturated carbocycles. The van der Waals surface area contributed by atoms with Crippen LogP contribution in [0, 0.1) is 5.82 Å². The molecule has 23 heavy (non-hydrogen) atoms. The molecule has 1 unspecified atom stereocenters. The van der Waals surface area contributed by atoms with Gasteiger partial charge in [-0.1, -0.05) is 0 Å². The van der Waals surface area contributed by atoms with Gasteiger partial charge < -0.3 is 19.7 Å². The molecule has 6 heteroatoms. The topological polar surface area (TPSA) is 59.3 Å². The minimum Gasteiger partial charge on any atom is -0.388 e. The first-order chi connectivity index (χ1) is 11.0. The van der Waals surface area contributed by atoms with Gasteiger partial charge in [0.05, 0.1) is 16.6 Å². The summed E-state index contributed by atoms with van der Waals surface area (Å²) in [5, 5.41) is 14.0. The molecule has 0 spiro atoms. The maximum Gasteiger partial charge on any atom is 0.125 e. The van der Waals surface area contributed by atoms with E-state index < -0.39 is 5.60 Å². The third kappa shape index (κ3) is 3.39. The van der Waals surface area contributed by atoms with Crippen LogP contribution >= 0.6 is 0 Å². The van der Waals surface area contributed by atoms with E-state index in [4.69, 9.17) is 4.74 Å². The normalized spacial score (nSPS) is 19.1. The van der Waals surface area contributed by atoms with Crippen LogP contribution in [-0.4, -0.2) is 46.1 Å². The van der Waals surface area contributed by atoms with E-state index >= 15 is 0 Å². The minimum atomic E-state index is -0.701. The number of aromatic nitrogens is 2. The van der Waals surface area contributed by atoms with Crippen LogP contribution < -0.4 is 5.32 Å². The first-order valence-electron chi connectivity index (χ1n) is 8.14. The molecule has 1 aromatic carbocycles. The van der Waals surface area contributed by atoms with Gasteiger partial charge in [0.25, 0.3) is 0 Å². The van der Waals surface area contributed by atoms with Crippen LogP contribution in [0.1, 0.15) is 25.6 Å². The van der Waals surface area contributed by atoms with Crippen molar-refractivity contribution in [2.75, 3.05) is 19.8 Å². The Bertz CT molecular complexity index is 680. The van der Waals surface area contributed by atoms with E-state index in [1.807, 2.05) is 18.5 Å². The lowest BCUT2D eigenvalue weighted by molar-refractivity contribution is -0.0815. The highest BCUT2D eigenvalue weighted by Gasteiger charge is 2.35. The third-order valence-corrected chi connectivity index (χ3v) is 4.90. The number of imidazole rings is 1. The highest BCUT2D eigenvalue weighted by atomic mass is 19.1. The fourth-order valence-corrected chi connectivity index (χ4v) is 3.19. The minimum absolute atomic E-state index is 0.00136. The summed E-state index contributed by atoms with van der Waals surface area (Å²) in [6, 6.07) is 4.66. The van der Waals surface area contributed by atoms with Gasteiger partial charge in [0.1, 0.15) is 11.6 Å². The van der Waals surface area contributed by atoms with E-state index in [9.17, 15) is 9.50 Å². The van der Waals surface area contributed by atoms with Crippen molar-refractivity contribution in [3.8, 4) is 0 Å². The van der Waals surface area contributed by atoms with E-state index in [-0.39, 0.29) is 11.9 Å². The van der Waals surface area contributed by atoms with Gasteiger partial charge in [-0.25, -0.2) is 9.37 Å². The van der Waals surface area contributed by atoms with Crippen molar-refractivity contribution in [1.82, 2.24) is 14.9 Å².